The highest BCUT2D eigenvalue weighted by Gasteiger charge is 2.13. The van der Waals surface area contributed by atoms with Gasteiger partial charge in [-0.25, -0.2) is 4.98 Å². The molecule has 0 bridgehead atoms. The van der Waals surface area contributed by atoms with Gasteiger partial charge in [-0.05, 0) is 11.4 Å². The second-order valence-corrected chi connectivity index (χ2v) is 5.29. The molecule has 2 aromatic rings. The Labute approximate surface area is 124 Å². The van der Waals surface area contributed by atoms with Crippen LogP contribution in [0.5, 0.6) is 0 Å². The summed E-state index contributed by atoms with van der Waals surface area (Å²) in [6.07, 6.45) is 0. The first-order chi connectivity index (χ1) is 10.0. The Morgan fingerprint density at radius 3 is 3.00 bits per heavy atom. The lowest BCUT2D eigenvalue weighted by Gasteiger charge is -2.16. The molecule has 2 heterocycles. The molecule has 0 aliphatic carbocycles. The minimum Gasteiger partial charge on any atom is -0.346 e. The van der Waals surface area contributed by atoms with E-state index < -0.39 is 5.91 Å². The second kappa shape index (κ2) is 6.46. The summed E-state index contributed by atoms with van der Waals surface area (Å²) in [5.41, 5.74) is 5.52. The van der Waals surface area contributed by atoms with E-state index in [1.54, 1.807) is 18.5 Å². The number of hydrogen-bond donors (Lipinski definition) is 3. The fraction of sp³-hybridized carbons (Fsp3) is 0.333. The average molecular weight is 309 g/mol. The van der Waals surface area contributed by atoms with Crippen LogP contribution in [0, 0.1) is 0 Å². The topological polar surface area (TPSA) is 121 Å². The Morgan fingerprint density at radius 1 is 1.52 bits per heavy atom. The van der Waals surface area contributed by atoms with Crippen molar-refractivity contribution in [3.8, 4) is 0 Å². The monoisotopic (exact) mass is 309 g/mol. The normalized spacial score (nSPS) is 10.6. The van der Waals surface area contributed by atoms with Crippen LogP contribution in [0.1, 0.15) is 5.82 Å². The number of thiophene rings is 1. The van der Waals surface area contributed by atoms with Gasteiger partial charge in [-0.3, -0.25) is 14.4 Å². The summed E-state index contributed by atoms with van der Waals surface area (Å²) in [7, 11) is 1.56. The number of hydrogen-bond acceptors (Lipinski definition) is 6. The minimum atomic E-state index is -0.400. The molecule has 4 N–H and O–H groups in total. The van der Waals surface area contributed by atoms with Crippen molar-refractivity contribution in [3.05, 3.63) is 27.6 Å². The van der Waals surface area contributed by atoms with Crippen molar-refractivity contribution in [2.45, 2.75) is 6.54 Å². The van der Waals surface area contributed by atoms with Crippen LogP contribution >= 0.6 is 11.3 Å². The van der Waals surface area contributed by atoms with Crippen LogP contribution in [-0.2, 0) is 16.1 Å². The lowest BCUT2D eigenvalue weighted by molar-refractivity contribution is -0.132. The molecule has 0 spiro atoms. The highest BCUT2D eigenvalue weighted by atomic mass is 32.1. The summed E-state index contributed by atoms with van der Waals surface area (Å²) in [5, 5.41) is 4.18. The van der Waals surface area contributed by atoms with Crippen LogP contribution in [0.2, 0.25) is 0 Å². The van der Waals surface area contributed by atoms with E-state index >= 15 is 0 Å². The van der Waals surface area contributed by atoms with Gasteiger partial charge in [-0.2, -0.15) is 0 Å². The Morgan fingerprint density at radius 2 is 2.29 bits per heavy atom. The molecule has 2 amide bonds. The second-order valence-electron chi connectivity index (χ2n) is 4.38. The molecule has 2 aromatic heterocycles. The van der Waals surface area contributed by atoms with E-state index in [2.05, 4.69) is 15.3 Å². The summed E-state index contributed by atoms with van der Waals surface area (Å²) < 4.78 is 0.558. The van der Waals surface area contributed by atoms with E-state index in [-0.39, 0.29) is 31.1 Å². The number of H-pyrrole nitrogens is 1. The molecule has 112 valence electrons. The first-order valence-corrected chi connectivity index (χ1v) is 7.06. The zero-order valence-corrected chi connectivity index (χ0v) is 12.2. The predicted molar refractivity (Wildman–Crippen MR) is 78.8 cm³/mol. The Balaban J connectivity index is 2.03. The largest absolute Gasteiger partial charge is 0.346 e. The van der Waals surface area contributed by atoms with Gasteiger partial charge in [0, 0.05) is 7.05 Å². The number of carbonyl (C=O) groups excluding carboxylic acids is 2. The van der Waals surface area contributed by atoms with Crippen molar-refractivity contribution in [1.82, 2.24) is 20.2 Å². The highest BCUT2D eigenvalue weighted by Crippen LogP contribution is 2.13. The molecule has 21 heavy (non-hydrogen) atoms. The molecular weight excluding hydrogens is 294 g/mol. The number of aromatic amines is 1. The Kier molecular flexibility index (Phi) is 4.66. The molecule has 0 atom stereocenters. The van der Waals surface area contributed by atoms with Crippen molar-refractivity contribution < 1.29 is 9.59 Å². The molecule has 0 aliphatic heterocycles. The minimum absolute atomic E-state index is 0.141. The maximum absolute atomic E-state index is 11.8. The molecule has 0 saturated heterocycles. The molecule has 0 saturated carbocycles. The summed E-state index contributed by atoms with van der Waals surface area (Å²) in [5.74, 6) is -0.306. The van der Waals surface area contributed by atoms with Gasteiger partial charge in [0.25, 0.3) is 5.56 Å². The van der Waals surface area contributed by atoms with Crippen LogP contribution in [0.3, 0.4) is 0 Å². The number of likely N-dealkylation sites (N-methyl/N-ethyl adjacent to an activating group) is 1. The summed E-state index contributed by atoms with van der Waals surface area (Å²) in [4.78, 5) is 42.9. The van der Waals surface area contributed by atoms with Gasteiger partial charge in [0.1, 0.15) is 10.5 Å². The summed E-state index contributed by atoms with van der Waals surface area (Å²) in [6.45, 7) is -0.156. The van der Waals surface area contributed by atoms with E-state index in [0.29, 0.717) is 16.0 Å². The van der Waals surface area contributed by atoms with Crippen molar-refractivity contribution in [3.63, 3.8) is 0 Å². The van der Waals surface area contributed by atoms with Gasteiger partial charge in [0.2, 0.25) is 11.8 Å². The van der Waals surface area contributed by atoms with Crippen LogP contribution in [-0.4, -0.2) is 46.8 Å². The summed E-state index contributed by atoms with van der Waals surface area (Å²) in [6, 6.07) is 1.75. The molecule has 9 heteroatoms. The number of nitrogens with two attached hydrogens (primary N) is 1. The van der Waals surface area contributed by atoms with Crippen LogP contribution in [0.4, 0.5) is 0 Å². The lowest BCUT2D eigenvalue weighted by Crippen LogP contribution is -2.40. The van der Waals surface area contributed by atoms with Crippen molar-refractivity contribution in [2.75, 3.05) is 20.1 Å². The third-order valence-corrected chi connectivity index (χ3v) is 3.70. The quantitative estimate of drug-likeness (QED) is 0.655. The van der Waals surface area contributed by atoms with Gasteiger partial charge >= 0.3 is 0 Å². The third kappa shape index (κ3) is 3.64. The lowest BCUT2D eigenvalue weighted by atomic mass is 10.4. The Bertz CT molecular complexity index is 723. The van der Waals surface area contributed by atoms with Crippen LogP contribution in [0.25, 0.3) is 10.2 Å². The van der Waals surface area contributed by atoms with Crippen LogP contribution in [0.15, 0.2) is 16.2 Å². The molecule has 0 unspecified atom stereocenters. The predicted octanol–water partition coefficient (Wildman–Crippen LogP) is -0.982. The molecule has 0 fully saturated rings. The molecule has 0 aliphatic rings. The summed E-state index contributed by atoms with van der Waals surface area (Å²) >= 11 is 1.32. The molecule has 0 aromatic carbocycles. The maximum atomic E-state index is 11.8. The van der Waals surface area contributed by atoms with E-state index in [1.807, 2.05) is 0 Å². The number of rotatable bonds is 5. The molecular formula is C12H15N5O3S. The molecule has 0 radical (unpaired) electrons. The number of amides is 2. The zero-order chi connectivity index (χ0) is 15.4. The van der Waals surface area contributed by atoms with E-state index in [1.165, 1.54) is 16.2 Å². The van der Waals surface area contributed by atoms with Gasteiger partial charge in [0.05, 0.1) is 25.2 Å². The van der Waals surface area contributed by atoms with Gasteiger partial charge in [0.15, 0.2) is 0 Å². The first-order valence-electron chi connectivity index (χ1n) is 6.18. The number of aromatic nitrogens is 2. The number of nitrogens with one attached hydrogen (secondary N) is 2. The van der Waals surface area contributed by atoms with E-state index in [4.69, 9.17) is 5.73 Å². The number of nitrogens with zero attached hydrogens (tertiary/aromatic N) is 2. The number of carbonyl (C=O) groups is 2. The fourth-order valence-corrected chi connectivity index (χ4v) is 2.42. The SMILES string of the molecule is CN(Cc1nc2ccsc2c(=O)[nH]1)C(=O)CNC(=O)CN. The van der Waals surface area contributed by atoms with E-state index in [0.717, 1.165) is 0 Å². The smallest absolute Gasteiger partial charge is 0.268 e. The zero-order valence-electron chi connectivity index (χ0n) is 11.4. The fourth-order valence-electron chi connectivity index (χ4n) is 1.69. The molecule has 8 nitrogen and oxygen atoms in total. The third-order valence-electron chi connectivity index (χ3n) is 2.80. The van der Waals surface area contributed by atoms with Crippen molar-refractivity contribution >= 4 is 33.4 Å². The standard InChI is InChI=1S/C12H15N5O3S/c1-17(10(19)5-14-9(18)4-13)6-8-15-7-2-3-21-11(7)12(20)16-8/h2-3H,4-6,13H2,1H3,(H,14,18)(H,15,16,20). The van der Waals surface area contributed by atoms with Crippen molar-refractivity contribution in [1.29, 1.82) is 0 Å². The Hall–Kier alpha value is -2.26. The van der Waals surface area contributed by atoms with Gasteiger partial charge in [-0.15, -0.1) is 11.3 Å². The van der Waals surface area contributed by atoms with Crippen LogP contribution < -0.4 is 16.6 Å². The highest BCUT2D eigenvalue weighted by molar-refractivity contribution is 7.17. The molecule has 2 rings (SSSR count). The van der Waals surface area contributed by atoms with Crippen molar-refractivity contribution in [2.24, 2.45) is 5.73 Å². The van der Waals surface area contributed by atoms with E-state index in [9.17, 15) is 14.4 Å². The van der Waals surface area contributed by atoms with Gasteiger partial charge < -0.3 is 20.9 Å². The first kappa shape index (κ1) is 15.1. The average Bonchev–Trinajstić information content (AvgIpc) is 2.93. The van der Waals surface area contributed by atoms with Gasteiger partial charge in [-0.1, -0.05) is 0 Å². The maximum Gasteiger partial charge on any atom is 0.268 e. The number of fused-ring (bicyclic) bond motifs is 1.